The molecule has 20 heavy (non-hydrogen) atoms. The van der Waals surface area contributed by atoms with Gasteiger partial charge in [-0.3, -0.25) is 10.1 Å². The fourth-order valence-electron chi connectivity index (χ4n) is 1.50. The first-order valence-corrected chi connectivity index (χ1v) is 7.32. The second-order valence-corrected chi connectivity index (χ2v) is 6.11. The van der Waals surface area contributed by atoms with Gasteiger partial charge in [0.25, 0.3) is 5.69 Å². The Balaban J connectivity index is 2.19. The predicted octanol–water partition coefficient (Wildman–Crippen LogP) is 4.05. The second kappa shape index (κ2) is 6.23. The van der Waals surface area contributed by atoms with E-state index in [1.54, 1.807) is 30.3 Å². The van der Waals surface area contributed by atoms with Crippen LogP contribution >= 0.6 is 34.4 Å². The summed E-state index contributed by atoms with van der Waals surface area (Å²) in [5.41, 5.74) is 0.309. The fraction of sp³-hybridized carbons (Fsp3) is 0. The van der Waals surface area contributed by atoms with Gasteiger partial charge >= 0.3 is 5.97 Å². The van der Waals surface area contributed by atoms with Crippen molar-refractivity contribution in [2.45, 2.75) is 9.79 Å². The number of nitrogens with zero attached hydrogens (tertiary/aromatic N) is 1. The number of benzene rings is 2. The molecule has 7 heteroatoms. The van der Waals surface area contributed by atoms with Crippen LogP contribution in [0.25, 0.3) is 0 Å². The van der Waals surface area contributed by atoms with Crippen LogP contribution in [0, 0.1) is 13.7 Å². The van der Waals surface area contributed by atoms with Crippen molar-refractivity contribution in [3.63, 3.8) is 0 Å². The van der Waals surface area contributed by atoms with Crippen LogP contribution in [0.1, 0.15) is 10.4 Å². The highest BCUT2D eigenvalue weighted by molar-refractivity contribution is 14.1. The maximum absolute atomic E-state index is 10.9. The summed E-state index contributed by atoms with van der Waals surface area (Å²) in [5.74, 6) is -0.957. The molecular weight excluding hydrogens is 393 g/mol. The minimum atomic E-state index is -0.957. The van der Waals surface area contributed by atoms with E-state index in [1.165, 1.54) is 23.9 Å². The molecule has 0 saturated heterocycles. The summed E-state index contributed by atoms with van der Waals surface area (Å²) in [6.07, 6.45) is 0. The first kappa shape index (κ1) is 14.8. The summed E-state index contributed by atoms with van der Waals surface area (Å²) < 4.78 is 0.655. The minimum Gasteiger partial charge on any atom is -0.478 e. The van der Waals surface area contributed by atoms with Crippen LogP contribution in [0.15, 0.2) is 52.3 Å². The Morgan fingerprint density at radius 2 is 1.75 bits per heavy atom. The highest BCUT2D eigenvalue weighted by atomic mass is 127. The maximum Gasteiger partial charge on any atom is 0.336 e. The lowest BCUT2D eigenvalue weighted by molar-refractivity contribution is -0.384. The lowest BCUT2D eigenvalue weighted by atomic mass is 10.2. The van der Waals surface area contributed by atoms with E-state index in [2.05, 4.69) is 0 Å². The number of halogens is 1. The number of hydrogen-bond acceptors (Lipinski definition) is 4. The van der Waals surface area contributed by atoms with Gasteiger partial charge in [0.15, 0.2) is 0 Å². The molecule has 5 nitrogen and oxygen atoms in total. The normalized spacial score (nSPS) is 10.2. The minimum absolute atomic E-state index is 0.0464. The number of nitro benzene ring substituents is 1. The van der Waals surface area contributed by atoms with Gasteiger partial charge in [0.2, 0.25) is 0 Å². The van der Waals surface area contributed by atoms with Crippen LogP contribution in [0.2, 0.25) is 0 Å². The number of non-ortho nitro benzene ring substituents is 1. The van der Waals surface area contributed by atoms with E-state index in [0.29, 0.717) is 3.57 Å². The highest BCUT2D eigenvalue weighted by Gasteiger charge is 2.09. The fourth-order valence-corrected chi connectivity index (χ4v) is 3.32. The molecule has 102 valence electrons. The molecule has 0 bridgehead atoms. The summed E-state index contributed by atoms with van der Waals surface area (Å²) in [5, 5.41) is 19.5. The van der Waals surface area contributed by atoms with Gasteiger partial charge in [0, 0.05) is 25.5 Å². The largest absolute Gasteiger partial charge is 0.478 e. The first-order chi connectivity index (χ1) is 9.47. The van der Waals surface area contributed by atoms with E-state index >= 15 is 0 Å². The number of nitro groups is 1. The van der Waals surface area contributed by atoms with Crippen molar-refractivity contribution < 1.29 is 14.8 Å². The lowest BCUT2D eigenvalue weighted by Crippen LogP contribution is -1.99. The molecule has 0 heterocycles. The molecule has 0 atom stereocenters. The van der Waals surface area contributed by atoms with Crippen LogP contribution in [0.3, 0.4) is 0 Å². The van der Waals surface area contributed by atoms with Crippen LogP contribution in [0.4, 0.5) is 5.69 Å². The summed E-state index contributed by atoms with van der Waals surface area (Å²) >= 11 is 3.40. The third-order valence-electron chi connectivity index (χ3n) is 2.45. The van der Waals surface area contributed by atoms with Crippen molar-refractivity contribution in [2.24, 2.45) is 0 Å². The first-order valence-electron chi connectivity index (χ1n) is 5.42. The Morgan fingerprint density at radius 1 is 1.15 bits per heavy atom. The van der Waals surface area contributed by atoms with Gasteiger partial charge < -0.3 is 5.11 Å². The number of carbonyl (C=O) groups is 1. The van der Waals surface area contributed by atoms with E-state index in [9.17, 15) is 14.9 Å². The third kappa shape index (κ3) is 3.48. The molecule has 0 spiro atoms. The summed E-state index contributed by atoms with van der Waals surface area (Å²) in [6, 6.07) is 11.3. The molecule has 0 aliphatic carbocycles. The zero-order chi connectivity index (χ0) is 14.7. The molecule has 1 N–H and O–H groups in total. The SMILES string of the molecule is O=C(O)c1ccc(Sc2ccc([N+](=O)[O-])cc2)cc1I. The zero-order valence-electron chi connectivity index (χ0n) is 9.95. The molecule has 2 aromatic rings. The Bertz CT molecular complexity index is 673. The second-order valence-electron chi connectivity index (χ2n) is 3.80. The van der Waals surface area contributed by atoms with Gasteiger partial charge in [-0.15, -0.1) is 0 Å². The molecule has 0 aromatic heterocycles. The van der Waals surface area contributed by atoms with Gasteiger partial charge in [-0.1, -0.05) is 11.8 Å². The van der Waals surface area contributed by atoms with E-state index < -0.39 is 10.9 Å². The lowest BCUT2D eigenvalue weighted by Gasteiger charge is -2.04. The number of carboxylic acids is 1. The third-order valence-corrected chi connectivity index (χ3v) is 4.34. The van der Waals surface area contributed by atoms with Gasteiger partial charge in [0.05, 0.1) is 10.5 Å². The Morgan fingerprint density at radius 3 is 2.25 bits per heavy atom. The number of rotatable bonds is 4. The quantitative estimate of drug-likeness (QED) is 0.475. The van der Waals surface area contributed by atoms with Crippen LogP contribution in [0.5, 0.6) is 0 Å². The molecule has 0 unspecified atom stereocenters. The predicted molar refractivity (Wildman–Crippen MR) is 83.3 cm³/mol. The monoisotopic (exact) mass is 401 g/mol. The Labute approximate surface area is 132 Å². The molecule has 0 aliphatic heterocycles. The van der Waals surface area contributed by atoms with Crippen LogP contribution < -0.4 is 0 Å². The number of hydrogen-bond donors (Lipinski definition) is 1. The maximum atomic E-state index is 10.9. The molecular formula is C13H8INO4S. The Hall–Kier alpha value is -1.61. The topological polar surface area (TPSA) is 80.4 Å². The molecule has 0 fully saturated rings. The molecule has 0 radical (unpaired) electrons. The van der Waals surface area contributed by atoms with Gasteiger partial charge in [-0.25, -0.2) is 4.79 Å². The van der Waals surface area contributed by atoms with Crippen molar-refractivity contribution in [1.29, 1.82) is 0 Å². The van der Waals surface area contributed by atoms with Crippen LogP contribution in [-0.2, 0) is 0 Å². The summed E-state index contributed by atoms with van der Waals surface area (Å²) in [6.45, 7) is 0. The van der Waals surface area contributed by atoms with E-state index in [-0.39, 0.29) is 11.3 Å². The van der Waals surface area contributed by atoms with Crippen molar-refractivity contribution >= 4 is 46.0 Å². The average molecular weight is 401 g/mol. The van der Waals surface area contributed by atoms with E-state index in [0.717, 1.165) is 9.79 Å². The number of aromatic carboxylic acids is 1. The van der Waals surface area contributed by atoms with Crippen molar-refractivity contribution in [3.05, 3.63) is 61.7 Å². The number of carboxylic acid groups (broad SMARTS) is 1. The molecule has 0 aliphatic rings. The van der Waals surface area contributed by atoms with Crippen LogP contribution in [-0.4, -0.2) is 16.0 Å². The van der Waals surface area contributed by atoms with E-state index in [1.807, 2.05) is 22.6 Å². The molecule has 0 saturated carbocycles. The summed E-state index contributed by atoms with van der Waals surface area (Å²) in [7, 11) is 0. The Kier molecular flexibility index (Phi) is 4.61. The van der Waals surface area contributed by atoms with Crippen molar-refractivity contribution in [1.82, 2.24) is 0 Å². The molecule has 2 rings (SSSR count). The van der Waals surface area contributed by atoms with Gasteiger partial charge in [-0.05, 0) is 52.9 Å². The highest BCUT2D eigenvalue weighted by Crippen LogP contribution is 2.30. The van der Waals surface area contributed by atoms with Gasteiger partial charge in [-0.2, -0.15) is 0 Å². The summed E-state index contributed by atoms with van der Waals surface area (Å²) in [4.78, 5) is 22.8. The van der Waals surface area contributed by atoms with Crippen molar-refractivity contribution in [3.8, 4) is 0 Å². The zero-order valence-corrected chi connectivity index (χ0v) is 12.9. The smallest absolute Gasteiger partial charge is 0.336 e. The molecule has 0 amide bonds. The average Bonchev–Trinajstić information content (AvgIpc) is 2.39. The molecule has 2 aromatic carbocycles. The van der Waals surface area contributed by atoms with E-state index in [4.69, 9.17) is 5.11 Å². The van der Waals surface area contributed by atoms with Crippen molar-refractivity contribution in [2.75, 3.05) is 0 Å². The standard InChI is InChI=1S/C13H8INO4S/c14-12-7-10(5-6-11(12)13(16)17)20-9-3-1-8(2-4-9)15(18)19/h1-7H,(H,16,17). The van der Waals surface area contributed by atoms with Gasteiger partial charge in [0.1, 0.15) is 0 Å².